The highest BCUT2D eigenvalue weighted by atomic mass is 19.4. The van der Waals surface area contributed by atoms with E-state index in [0.29, 0.717) is 12.1 Å². The van der Waals surface area contributed by atoms with Crippen LogP contribution in [0.3, 0.4) is 0 Å². The van der Waals surface area contributed by atoms with Gasteiger partial charge in [0.1, 0.15) is 0 Å². The van der Waals surface area contributed by atoms with Crippen molar-refractivity contribution in [3.8, 4) is 0 Å². The number of benzene rings is 1. The first-order valence-electron chi connectivity index (χ1n) is 6.29. The molecule has 106 valence electrons. The molecule has 20 heavy (non-hydrogen) atoms. The summed E-state index contributed by atoms with van der Waals surface area (Å²) >= 11 is 0. The Morgan fingerprint density at radius 2 is 1.70 bits per heavy atom. The summed E-state index contributed by atoms with van der Waals surface area (Å²) in [6, 6.07) is 13.2. The number of nitrogens with zero attached hydrogens (tertiary/aromatic N) is 1. The Bertz CT molecular complexity index is 512. The topological polar surface area (TPSA) is 24.9 Å². The minimum atomic E-state index is -4.21. The Morgan fingerprint density at radius 3 is 2.30 bits per heavy atom. The van der Waals surface area contributed by atoms with Crippen molar-refractivity contribution in [1.29, 1.82) is 0 Å². The molecule has 0 saturated heterocycles. The summed E-state index contributed by atoms with van der Waals surface area (Å²) in [4.78, 5) is 4.10. The SMILES string of the molecule is FC(F)(F)CC(NCc1ccccn1)c1ccccc1. The highest BCUT2D eigenvalue weighted by Gasteiger charge is 2.32. The molecule has 0 aliphatic heterocycles. The number of hydrogen-bond acceptors (Lipinski definition) is 2. The maximum absolute atomic E-state index is 12.7. The van der Waals surface area contributed by atoms with Crippen LogP contribution in [-0.2, 0) is 6.54 Å². The predicted molar refractivity (Wildman–Crippen MR) is 70.9 cm³/mol. The normalized spacial score (nSPS) is 13.2. The van der Waals surface area contributed by atoms with Crippen LogP contribution in [0.25, 0.3) is 0 Å². The first kappa shape index (κ1) is 14.5. The van der Waals surface area contributed by atoms with Gasteiger partial charge in [0.05, 0.1) is 12.1 Å². The van der Waals surface area contributed by atoms with Gasteiger partial charge in [0.15, 0.2) is 0 Å². The van der Waals surface area contributed by atoms with E-state index in [1.807, 2.05) is 6.07 Å². The van der Waals surface area contributed by atoms with E-state index >= 15 is 0 Å². The predicted octanol–water partition coefficient (Wildman–Crippen LogP) is 3.86. The van der Waals surface area contributed by atoms with Gasteiger partial charge in [-0.15, -0.1) is 0 Å². The number of aromatic nitrogens is 1. The molecule has 1 aromatic heterocycles. The van der Waals surface area contributed by atoms with Gasteiger partial charge in [-0.3, -0.25) is 4.98 Å². The fraction of sp³-hybridized carbons (Fsp3) is 0.267. The molecule has 0 aliphatic carbocycles. The molecule has 0 spiro atoms. The molecular formula is C15H15F3N2. The van der Waals surface area contributed by atoms with Crippen molar-refractivity contribution in [1.82, 2.24) is 10.3 Å². The summed E-state index contributed by atoms with van der Waals surface area (Å²) in [5.41, 5.74) is 1.34. The van der Waals surface area contributed by atoms with Crippen LogP contribution < -0.4 is 5.32 Å². The third-order valence-electron chi connectivity index (χ3n) is 2.89. The van der Waals surface area contributed by atoms with Crippen LogP contribution in [0.2, 0.25) is 0 Å². The summed E-state index contributed by atoms with van der Waals surface area (Å²) in [5, 5.41) is 2.93. The number of nitrogens with one attached hydrogen (secondary N) is 1. The van der Waals surface area contributed by atoms with Gasteiger partial charge in [-0.1, -0.05) is 36.4 Å². The molecule has 0 radical (unpaired) electrons. The number of halogens is 3. The average molecular weight is 280 g/mol. The second-order valence-corrected chi connectivity index (χ2v) is 4.48. The minimum Gasteiger partial charge on any atom is -0.304 e. The third kappa shape index (κ3) is 4.66. The van der Waals surface area contributed by atoms with Gasteiger partial charge in [-0.05, 0) is 17.7 Å². The molecule has 2 aromatic rings. The molecule has 1 unspecified atom stereocenters. The highest BCUT2D eigenvalue weighted by molar-refractivity contribution is 5.19. The summed E-state index contributed by atoms with van der Waals surface area (Å²) in [6.07, 6.45) is -3.49. The number of alkyl halides is 3. The smallest absolute Gasteiger partial charge is 0.304 e. The zero-order chi connectivity index (χ0) is 14.4. The lowest BCUT2D eigenvalue weighted by Gasteiger charge is -2.20. The van der Waals surface area contributed by atoms with Crippen molar-refractivity contribution in [2.24, 2.45) is 0 Å². The Kier molecular flexibility index (Phi) is 4.74. The van der Waals surface area contributed by atoms with Crippen molar-refractivity contribution in [3.05, 3.63) is 66.0 Å². The Labute approximate surface area is 115 Å². The van der Waals surface area contributed by atoms with Gasteiger partial charge in [0, 0.05) is 18.8 Å². The standard InChI is InChI=1S/C15H15F3N2/c16-15(17,18)10-14(12-6-2-1-3-7-12)20-11-13-8-4-5-9-19-13/h1-9,14,20H,10-11H2. The van der Waals surface area contributed by atoms with E-state index in [9.17, 15) is 13.2 Å². The van der Waals surface area contributed by atoms with E-state index in [4.69, 9.17) is 0 Å². The molecule has 0 bridgehead atoms. The van der Waals surface area contributed by atoms with Gasteiger partial charge in [-0.25, -0.2) is 0 Å². The third-order valence-corrected chi connectivity index (χ3v) is 2.89. The molecular weight excluding hydrogens is 265 g/mol. The maximum atomic E-state index is 12.7. The van der Waals surface area contributed by atoms with E-state index < -0.39 is 18.6 Å². The molecule has 1 aromatic carbocycles. The molecule has 0 fully saturated rings. The van der Waals surface area contributed by atoms with Crippen molar-refractivity contribution in [3.63, 3.8) is 0 Å². The van der Waals surface area contributed by atoms with Crippen molar-refractivity contribution in [2.75, 3.05) is 0 Å². The molecule has 2 rings (SSSR count). The first-order chi connectivity index (χ1) is 9.54. The van der Waals surface area contributed by atoms with Crippen molar-refractivity contribution < 1.29 is 13.2 Å². The highest BCUT2D eigenvalue weighted by Crippen LogP contribution is 2.29. The number of pyridine rings is 1. The van der Waals surface area contributed by atoms with E-state index in [1.165, 1.54) is 0 Å². The van der Waals surface area contributed by atoms with Crippen molar-refractivity contribution >= 4 is 0 Å². The summed E-state index contributed by atoms with van der Waals surface area (Å²) in [5.74, 6) is 0. The van der Waals surface area contributed by atoms with E-state index in [2.05, 4.69) is 10.3 Å². The molecule has 0 aliphatic rings. The second kappa shape index (κ2) is 6.52. The van der Waals surface area contributed by atoms with Gasteiger partial charge < -0.3 is 5.32 Å². The lowest BCUT2D eigenvalue weighted by atomic mass is 10.0. The van der Waals surface area contributed by atoms with Crippen molar-refractivity contribution in [2.45, 2.75) is 25.2 Å². The lowest BCUT2D eigenvalue weighted by molar-refractivity contribution is -0.140. The molecule has 0 amide bonds. The number of hydrogen-bond donors (Lipinski definition) is 1. The van der Waals surface area contributed by atoms with Crippen LogP contribution in [-0.4, -0.2) is 11.2 Å². The molecule has 1 atom stereocenters. The lowest BCUT2D eigenvalue weighted by Crippen LogP contribution is -2.26. The van der Waals surface area contributed by atoms with Crippen LogP contribution in [0.15, 0.2) is 54.7 Å². The zero-order valence-electron chi connectivity index (χ0n) is 10.8. The molecule has 5 heteroatoms. The monoisotopic (exact) mass is 280 g/mol. The van der Waals surface area contributed by atoms with Gasteiger partial charge >= 0.3 is 6.18 Å². The molecule has 2 nitrogen and oxygen atoms in total. The fourth-order valence-electron chi connectivity index (χ4n) is 1.96. The average Bonchev–Trinajstić information content (AvgIpc) is 2.44. The zero-order valence-corrected chi connectivity index (χ0v) is 10.8. The molecule has 1 heterocycles. The fourth-order valence-corrected chi connectivity index (χ4v) is 1.96. The summed E-state index contributed by atoms with van der Waals surface area (Å²) in [7, 11) is 0. The Morgan fingerprint density at radius 1 is 1.00 bits per heavy atom. The van der Waals surface area contributed by atoms with Gasteiger partial charge in [0.2, 0.25) is 0 Å². The van der Waals surface area contributed by atoms with Gasteiger partial charge in [-0.2, -0.15) is 13.2 Å². The summed E-state index contributed by atoms with van der Waals surface area (Å²) in [6.45, 7) is 0.302. The minimum absolute atomic E-state index is 0.302. The van der Waals surface area contributed by atoms with E-state index in [0.717, 1.165) is 5.69 Å². The Hall–Kier alpha value is -1.88. The van der Waals surface area contributed by atoms with Crippen LogP contribution in [0.1, 0.15) is 23.7 Å². The number of rotatable bonds is 5. The second-order valence-electron chi connectivity index (χ2n) is 4.48. The largest absolute Gasteiger partial charge is 0.390 e. The first-order valence-corrected chi connectivity index (χ1v) is 6.29. The van der Waals surface area contributed by atoms with Crippen LogP contribution >= 0.6 is 0 Å². The van der Waals surface area contributed by atoms with E-state index in [1.54, 1.807) is 48.7 Å². The quantitative estimate of drug-likeness (QED) is 0.899. The van der Waals surface area contributed by atoms with E-state index in [-0.39, 0.29) is 0 Å². The maximum Gasteiger partial charge on any atom is 0.390 e. The van der Waals surface area contributed by atoms with Gasteiger partial charge in [0.25, 0.3) is 0 Å². The van der Waals surface area contributed by atoms with Crippen LogP contribution in [0, 0.1) is 0 Å². The van der Waals surface area contributed by atoms with Crippen LogP contribution in [0.4, 0.5) is 13.2 Å². The van der Waals surface area contributed by atoms with Crippen LogP contribution in [0.5, 0.6) is 0 Å². The molecule has 1 N–H and O–H groups in total. The Balaban J connectivity index is 2.07. The summed E-state index contributed by atoms with van der Waals surface area (Å²) < 4.78 is 38.0. The molecule has 0 saturated carbocycles.